The van der Waals surface area contributed by atoms with Crippen LogP contribution in [0.2, 0.25) is 0 Å². The van der Waals surface area contributed by atoms with E-state index in [0.29, 0.717) is 30.0 Å². The van der Waals surface area contributed by atoms with E-state index < -0.39 is 10.0 Å². The second kappa shape index (κ2) is 12.2. The lowest BCUT2D eigenvalue weighted by atomic mass is 10.1. The Morgan fingerprint density at radius 2 is 1.66 bits per heavy atom. The molecule has 35 heavy (non-hydrogen) atoms. The normalized spacial score (nSPS) is 11.3. The minimum absolute atomic E-state index is 0.140. The number of hydrogen-bond acceptors (Lipinski definition) is 4. The van der Waals surface area contributed by atoms with E-state index in [0.717, 1.165) is 22.4 Å². The van der Waals surface area contributed by atoms with Crippen LogP contribution in [0, 0.1) is 26.6 Å². The van der Waals surface area contributed by atoms with Crippen LogP contribution in [0.1, 0.15) is 28.7 Å². The third kappa shape index (κ3) is 7.32. The van der Waals surface area contributed by atoms with Crippen LogP contribution in [0.15, 0.2) is 71.6 Å². The van der Waals surface area contributed by atoms with Crippen molar-refractivity contribution in [2.45, 2.75) is 37.8 Å². The van der Waals surface area contributed by atoms with E-state index in [1.165, 1.54) is 10.4 Å². The molecule has 5 nitrogen and oxygen atoms in total. The molecule has 186 valence electrons. The van der Waals surface area contributed by atoms with Crippen LogP contribution in [-0.4, -0.2) is 33.2 Å². The van der Waals surface area contributed by atoms with Gasteiger partial charge in [0.2, 0.25) is 5.91 Å². The summed E-state index contributed by atoms with van der Waals surface area (Å²) in [6.45, 7) is 5.70. The molecule has 3 aromatic carbocycles. The van der Waals surface area contributed by atoms with E-state index in [2.05, 4.69) is 5.32 Å². The maximum atomic E-state index is 13.7. The van der Waals surface area contributed by atoms with Crippen molar-refractivity contribution in [2.75, 3.05) is 23.1 Å². The predicted octanol–water partition coefficient (Wildman–Crippen LogP) is 5.39. The van der Waals surface area contributed by atoms with E-state index in [9.17, 15) is 17.6 Å². The van der Waals surface area contributed by atoms with Crippen LogP contribution in [0.25, 0.3) is 0 Å². The van der Waals surface area contributed by atoms with Gasteiger partial charge < -0.3 is 5.32 Å². The molecule has 8 heteroatoms. The van der Waals surface area contributed by atoms with Crippen LogP contribution >= 0.6 is 11.8 Å². The molecule has 0 bridgehead atoms. The highest BCUT2D eigenvalue weighted by molar-refractivity contribution is 7.98. The molecule has 0 aliphatic heterocycles. The van der Waals surface area contributed by atoms with Gasteiger partial charge in [-0.2, -0.15) is 11.8 Å². The molecule has 0 heterocycles. The molecule has 0 radical (unpaired) electrons. The number of hydrogen-bond donors (Lipinski definition) is 1. The van der Waals surface area contributed by atoms with Crippen LogP contribution < -0.4 is 9.62 Å². The number of benzene rings is 3. The molecule has 0 aliphatic rings. The molecule has 0 unspecified atom stereocenters. The van der Waals surface area contributed by atoms with Crippen molar-refractivity contribution in [2.24, 2.45) is 0 Å². The number of sulfonamides is 1. The standard InChI is InChI=1S/C27H31FN2O3S2/c1-20-10-13-24(14-11-20)35(32,33)30(26-17-21(2)9-12-22(26)3)18-27(31)29-15-6-16-34-19-23-7-4-5-8-25(23)28/h4-5,7-14,17H,6,15-16,18-19H2,1-3H3,(H,29,31). The van der Waals surface area contributed by atoms with Crippen LogP contribution in [0.3, 0.4) is 0 Å². The van der Waals surface area contributed by atoms with Crippen molar-refractivity contribution in [1.82, 2.24) is 5.32 Å². The summed E-state index contributed by atoms with van der Waals surface area (Å²) >= 11 is 1.59. The van der Waals surface area contributed by atoms with Gasteiger partial charge in [-0.05, 0) is 73.9 Å². The summed E-state index contributed by atoms with van der Waals surface area (Å²) in [6, 6.07) is 18.9. The number of nitrogens with one attached hydrogen (secondary N) is 1. The topological polar surface area (TPSA) is 66.5 Å². The Bertz CT molecular complexity index is 1260. The Labute approximate surface area is 211 Å². The summed E-state index contributed by atoms with van der Waals surface area (Å²) < 4.78 is 41.9. The molecule has 3 aromatic rings. The monoisotopic (exact) mass is 514 g/mol. The second-order valence-corrected chi connectivity index (χ2v) is 11.4. The minimum atomic E-state index is -3.95. The van der Waals surface area contributed by atoms with Gasteiger partial charge >= 0.3 is 0 Å². The largest absolute Gasteiger partial charge is 0.354 e. The highest BCUT2D eigenvalue weighted by Gasteiger charge is 2.28. The number of thioether (sulfide) groups is 1. The van der Waals surface area contributed by atoms with Crippen molar-refractivity contribution in [3.8, 4) is 0 Å². The lowest BCUT2D eigenvalue weighted by Gasteiger charge is -2.26. The number of rotatable bonds is 11. The summed E-state index contributed by atoms with van der Waals surface area (Å²) in [6.07, 6.45) is 0.693. The Hall–Kier alpha value is -2.84. The lowest BCUT2D eigenvalue weighted by molar-refractivity contribution is -0.119. The van der Waals surface area contributed by atoms with E-state index in [4.69, 9.17) is 0 Å². The first kappa shape index (κ1) is 26.8. The Balaban J connectivity index is 1.64. The average Bonchev–Trinajstić information content (AvgIpc) is 2.82. The third-order valence-corrected chi connectivity index (χ3v) is 8.40. The summed E-state index contributed by atoms with van der Waals surface area (Å²) in [5.41, 5.74) is 3.77. The number of aryl methyl sites for hydroxylation is 3. The molecule has 1 N–H and O–H groups in total. The number of nitrogens with zero attached hydrogens (tertiary/aromatic N) is 1. The van der Waals surface area contributed by atoms with Gasteiger partial charge in [0, 0.05) is 12.3 Å². The van der Waals surface area contributed by atoms with Gasteiger partial charge in [0.15, 0.2) is 0 Å². The summed E-state index contributed by atoms with van der Waals surface area (Å²) in [4.78, 5) is 12.9. The first-order valence-electron chi connectivity index (χ1n) is 11.4. The van der Waals surface area contributed by atoms with Crippen LogP contribution in [0.5, 0.6) is 0 Å². The maximum absolute atomic E-state index is 13.7. The first-order chi connectivity index (χ1) is 16.7. The Morgan fingerprint density at radius 3 is 2.37 bits per heavy atom. The fraction of sp³-hybridized carbons (Fsp3) is 0.296. The third-order valence-electron chi connectivity index (χ3n) is 5.53. The van der Waals surface area contributed by atoms with Gasteiger partial charge in [-0.15, -0.1) is 0 Å². The summed E-state index contributed by atoms with van der Waals surface area (Å²) in [5, 5.41) is 2.83. The van der Waals surface area contributed by atoms with Crippen molar-refractivity contribution >= 4 is 33.4 Å². The zero-order valence-electron chi connectivity index (χ0n) is 20.3. The summed E-state index contributed by atoms with van der Waals surface area (Å²) in [5.74, 6) is 0.725. The number of anilines is 1. The van der Waals surface area contributed by atoms with Crippen LogP contribution in [0.4, 0.5) is 10.1 Å². The SMILES string of the molecule is Cc1ccc(S(=O)(=O)N(CC(=O)NCCCSCc2ccccc2F)c2cc(C)ccc2C)cc1. The average molecular weight is 515 g/mol. The molecule has 0 aromatic heterocycles. The maximum Gasteiger partial charge on any atom is 0.264 e. The van der Waals surface area contributed by atoms with Gasteiger partial charge in [0.25, 0.3) is 10.0 Å². The number of carbonyl (C=O) groups is 1. The Kier molecular flexibility index (Phi) is 9.34. The molecular weight excluding hydrogens is 483 g/mol. The van der Waals surface area contributed by atoms with E-state index in [1.807, 2.05) is 39.0 Å². The van der Waals surface area contributed by atoms with Crippen molar-refractivity contribution in [3.63, 3.8) is 0 Å². The fourth-order valence-electron chi connectivity index (χ4n) is 3.51. The molecule has 0 saturated heterocycles. The summed E-state index contributed by atoms with van der Waals surface area (Å²) in [7, 11) is -3.95. The first-order valence-corrected chi connectivity index (χ1v) is 14.0. The smallest absolute Gasteiger partial charge is 0.264 e. The second-order valence-electron chi connectivity index (χ2n) is 8.46. The van der Waals surface area contributed by atoms with E-state index in [1.54, 1.807) is 54.2 Å². The lowest BCUT2D eigenvalue weighted by Crippen LogP contribution is -2.41. The van der Waals surface area contributed by atoms with Gasteiger partial charge in [0.1, 0.15) is 12.4 Å². The minimum Gasteiger partial charge on any atom is -0.354 e. The molecule has 3 rings (SSSR count). The zero-order chi connectivity index (χ0) is 25.4. The van der Waals surface area contributed by atoms with Crippen molar-refractivity contribution in [3.05, 3.63) is 94.8 Å². The van der Waals surface area contributed by atoms with Crippen LogP contribution in [-0.2, 0) is 20.6 Å². The van der Waals surface area contributed by atoms with Gasteiger partial charge in [0.05, 0.1) is 10.6 Å². The van der Waals surface area contributed by atoms with E-state index in [-0.39, 0.29) is 23.2 Å². The predicted molar refractivity (Wildman–Crippen MR) is 142 cm³/mol. The molecule has 0 aliphatic carbocycles. The van der Waals surface area contributed by atoms with Gasteiger partial charge in [-0.1, -0.05) is 48.0 Å². The number of amides is 1. The molecular formula is C27H31FN2O3S2. The van der Waals surface area contributed by atoms with E-state index >= 15 is 0 Å². The van der Waals surface area contributed by atoms with Gasteiger partial charge in [-0.3, -0.25) is 9.10 Å². The molecule has 1 amide bonds. The highest BCUT2D eigenvalue weighted by atomic mass is 32.2. The van der Waals surface area contributed by atoms with Crippen molar-refractivity contribution in [1.29, 1.82) is 0 Å². The Morgan fingerprint density at radius 1 is 0.971 bits per heavy atom. The molecule has 0 saturated carbocycles. The number of carbonyl (C=O) groups excluding carboxylic acids is 1. The molecule has 0 spiro atoms. The number of halogens is 1. The molecule has 0 atom stereocenters. The fourth-order valence-corrected chi connectivity index (χ4v) is 5.94. The molecule has 0 fully saturated rings. The quantitative estimate of drug-likeness (QED) is 0.349. The zero-order valence-corrected chi connectivity index (χ0v) is 21.9. The van der Waals surface area contributed by atoms with Crippen molar-refractivity contribution < 1.29 is 17.6 Å². The van der Waals surface area contributed by atoms with Gasteiger partial charge in [-0.25, -0.2) is 12.8 Å². The highest BCUT2D eigenvalue weighted by Crippen LogP contribution is 2.28.